The molecule has 1 unspecified atom stereocenters. The number of carbonyl (C=O) groups is 1. The molecular weight excluding hydrogens is 338 g/mol. The Morgan fingerprint density at radius 3 is 2.67 bits per heavy atom. The Balaban J connectivity index is 1.58. The average Bonchev–Trinajstić information content (AvgIpc) is 2.68. The van der Waals surface area contributed by atoms with E-state index in [2.05, 4.69) is 19.2 Å². The van der Waals surface area contributed by atoms with Crippen molar-refractivity contribution in [3.05, 3.63) is 22.9 Å². The summed E-state index contributed by atoms with van der Waals surface area (Å²) in [7, 11) is 0. The minimum Gasteiger partial charge on any atom is -0.378 e. The van der Waals surface area contributed by atoms with Crippen molar-refractivity contribution in [2.45, 2.75) is 71.3 Å². The van der Waals surface area contributed by atoms with Crippen LogP contribution in [-0.2, 0) is 17.6 Å². The third-order valence-electron chi connectivity index (χ3n) is 6.48. The molecule has 0 radical (unpaired) electrons. The first kappa shape index (κ1) is 18.7. The number of nitrogens with zero attached hydrogens (tertiary/aromatic N) is 2. The van der Waals surface area contributed by atoms with Crippen LogP contribution in [0.3, 0.4) is 0 Å². The van der Waals surface area contributed by atoms with Gasteiger partial charge in [-0.05, 0) is 61.5 Å². The van der Waals surface area contributed by atoms with Crippen LogP contribution < -0.4 is 5.32 Å². The quantitative estimate of drug-likeness (QED) is 0.878. The number of morpholine rings is 1. The molecule has 5 nitrogen and oxygen atoms in total. The molecule has 0 aromatic carbocycles. The first-order chi connectivity index (χ1) is 13.0. The van der Waals surface area contributed by atoms with Gasteiger partial charge in [-0.15, -0.1) is 0 Å². The lowest BCUT2D eigenvalue weighted by molar-refractivity contribution is 0.0301. The second kappa shape index (κ2) is 7.78. The molecule has 5 heteroatoms. The van der Waals surface area contributed by atoms with E-state index in [4.69, 9.17) is 9.72 Å². The van der Waals surface area contributed by atoms with Crippen LogP contribution in [0.4, 0.5) is 5.82 Å². The lowest BCUT2D eigenvalue weighted by Crippen LogP contribution is -2.41. The van der Waals surface area contributed by atoms with Gasteiger partial charge >= 0.3 is 0 Å². The number of amides is 1. The van der Waals surface area contributed by atoms with Gasteiger partial charge in [-0.3, -0.25) is 4.79 Å². The smallest absolute Gasteiger partial charge is 0.255 e. The summed E-state index contributed by atoms with van der Waals surface area (Å²) in [5, 5.41) is 3.75. The Bertz CT molecular complexity index is 695. The van der Waals surface area contributed by atoms with Crippen LogP contribution in [0.15, 0.2) is 6.20 Å². The SMILES string of the molecule is CC1(C)CCCC(Nc2ncc(C(=O)N3CCOCC3)c3c2CCCC3)C1. The van der Waals surface area contributed by atoms with Crippen molar-refractivity contribution in [3.8, 4) is 0 Å². The summed E-state index contributed by atoms with van der Waals surface area (Å²) < 4.78 is 5.40. The highest BCUT2D eigenvalue weighted by molar-refractivity contribution is 5.96. The zero-order chi connectivity index (χ0) is 18.9. The van der Waals surface area contributed by atoms with Crippen LogP contribution in [0, 0.1) is 5.41 Å². The van der Waals surface area contributed by atoms with Gasteiger partial charge in [0, 0.05) is 25.3 Å². The lowest BCUT2D eigenvalue weighted by Gasteiger charge is -2.36. The van der Waals surface area contributed by atoms with Crippen molar-refractivity contribution in [3.63, 3.8) is 0 Å². The van der Waals surface area contributed by atoms with E-state index in [-0.39, 0.29) is 5.91 Å². The summed E-state index contributed by atoms with van der Waals surface area (Å²) in [5.74, 6) is 1.17. The van der Waals surface area contributed by atoms with E-state index in [1.165, 1.54) is 43.2 Å². The third-order valence-corrected chi connectivity index (χ3v) is 6.48. The van der Waals surface area contributed by atoms with Crippen LogP contribution in [0.2, 0.25) is 0 Å². The van der Waals surface area contributed by atoms with E-state index in [0.717, 1.165) is 30.6 Å². The normalized spacial score (nSPS) is 25.0. The molecule has 1 aliphatic heterocycles. The Morgan fingerprint density at radius 1 is 1.19 bits per heavy atom. The fourth-order valence-corrected chi connectivity index (χ4v) is 5.01. The Labute approximate surface area is 162 Å². The molecule has 0 spiro atoms. The summed E-state index contributed by atoms with van der Waals surface area (Å²) >= 11 is 0. The van der Waals surface area contributed by atoms with Crippen molar-refractivity contribution >= 4 is 11.7 Å². The van der Waals surface area contributed by atoms with E-state index in [1.807, 2.05) is 11.1 Å². The van der Waals surface area contributed by atoms with E-state index in [1.54, 1.807) is 0 Å². The second-order valence-corrected chi connectivity index (χ2v) is 9.19. The Hall–Kier alpha value is -1.62. The number of carbonyl (C=O) groups excluding carboxylic acids is 1. The van der Waals surface area contributed by atoms with E-state index >= 15 is 0 Å². The molecule has 1 aromatic rings. The number of fused-ring (bicyclic) bond motifs is 1. The molecule has 3 aliphatic rings. The van der Waals surface area contributed by atoms with Crippen molar-refractivity contribution in [2.24, 2.45) is 5.41 Å². The predicted molar refractivity (Wildman–Crippen MR) is 107 cm³/mol. The van der Waals surface area contributed by atoms with E-state index in [0.29, 0.717) is 37.8 Å². The van der Waals surface area contributed by atoms with Crippen molar-refractivity contribution in [2.75, 3.05) is 31.6 Å². The van der Waals surface area contributed by atoms with E-state index < -0.39 is 0 Å². The monoisotopic (exact) mass is 371 g/mol. The zero-order valence-electron chi connectivity index (χ0n) is 16.9. The summed E-state index contributed by atoms with van der Waals surface area (Å²) in [5.41, 5.74) is 3.76. The Kier molecular flexibility index (Phi) is 5.40. The average molecular weight is 372 g/mol. The first-order valence-electron chi connectivity index (χ1n) is 10.7. The van der Waals surface area contributed by atoms with Gasteiger partial charge in [0.15, 0.2) is 0 Å². The summed E-state index contributed by atoms with van der Waals surface area (Å²) in [6, 6.07) is 0.494. The minimum atomic E-state index is 0.134. The number of hydrogen-bond donors (Lipinski definition) is 1. The zero-order valence-corrected chi connectivity index (χ0v) is 16.9. The maximum atomic E-state index is 13.1. The van der Waals surface area contributed by atoms with Gasteiger partial charge in [0.05, 0.1) is 18.8 Å². The van der Waals surface area contributed by atoms with Gasteiger partial charge in [0.2, 0.25) is 0 Å². The molecule has 1 saturated heterocycles. The fraction of sp³-hybridized carbons (Fsp3) is 0.727. The number of hydrogen-bond acceptors (Lipinski definition) is 4. The van der Waals surface area contributed by atoms with E-state index in [9.17, 15) is 4.79 Å². The number of aromatic nitrogens is 1. The molecule has 0 bridgehead atoms. The van der Waals surface area contributed by atoms with Crippen LogP contribution in [0.25, 0.3) is 0 Å². The molecule has 1 N–H and O–H groups in total. The molecule has 2 aliphatic carbocycles. The van der Waals surface area contributed by atoms with Crippen LogP contribution >= 0.6 is 0 Å². The number of rotatable bonds is 3. The van der Waals surface area contributed by atoms with Gasteiger partial charge in [-0.25, -0.2) is 4.98 Å². The van der Waals surface area contributed by atoms with Gasteiger partial charge in [0.1, 0.15) is 5.82 Å². The molecule has 1 aromatic heterocycles. The molecule has 2 heterocycles. The number of anilines is 1. The van der Waals surface area contributed by atoms with Gasteiger partial charge in [0.25, 0.3) is 5.91 Å². The third kappa shape index (κ3) is 4.13. The molecule has 4 rings (SSSR count). The van der Waals surface area contributed by atoms with Gasteiger partial charge in [-0.1, -0.05) is 20.3 Å². The molecule has 2 fully saturated rings. The molecular formula is C22H33N3O2. The fourth-order valence-electron chi connectivity index (χ4n) is 5.01. The van der Waals surface area contributed by atoms with Crippen LogP contribution in [0.1, 0.15) is 73.9 Å². The van der Waals surface area contributed by atoms with Crippen molar-refractivity contribution < 1.29 is 9.53 Å². The highest BCUT2D eigenvalue weighted by Gasteiger charge is 2.30. The lowest BCUT2D eigenvalue weighted by atomic mass is 9.75. The Morgan fingerprint density at radius 2 is 1.93 bits per heavy atom. The summed E-state index contributed by atoms with van der Waals surface area (Å²) in [4.78, 5) is 19.8. The maximum Gasteiger partial charge on any atom is 0.255 e. The summed E-state index contributed by atoms with van der Waals surface area (Å²) in [6.45, 7) is 7.38. The highest BCUT2D eigenvalue weighted by Crippen LogP contribution is 2.37. The molecule has 27 heavy (non-hydrogen) atoms. The van der Waals surface area contributed by atoms with Gasteiger partial charge in [-0.2, -0.15) is 0 Å². The maximum absolute atomic E-state index is 13.1. The highest BCUT2D eigenvalue weighted by atomic mass is 16.5. The first-order valence-corrected chi connectivity index (χ1v) is 10.7. The topological polar surface area (TPSA) is 54.5 Å². The number of nitrogens with one attached hydrogen (secondary N) is 1. The molecule has 1 atom stereocenters. The number of ether oxygens (including phenoxy) is 1. The van der Waals surface area contributed by atoms with Gasteiger partial charge < -0.3 is 15.0 Å². The number of pyridine rings is 1. The van der Waals surface area contributed by atoms with Crippen LogP contribution in [-0.4, -0.2) is 48.1 Å². The second-order valence-electron chi connectivity index (χ2n) is 9.19. The summed E-state index contributed by atoms with van der Waals surface area (Å²) in [6.07, 6.45) is 11.2. The standard InChI is InChI=1S/C22H33N3O2/c1-22(2)9-5-6-16(14-22)24-20-18-8-4-3-7-17(18)19(15-23-20)21(26)25-10-12-27-13-11-25/h15-16H,3-14H2,1-2H3,(H,23,24). The minimum absolute atomic E-state index is 0.134. The van der Waals surface area contributed by atoms with Crippen molar-refractivity contribution in [1.29, 1.82) is 0 Å². The van der Waals surface area contributed by atoms with Crippen LogP contribution in [0.5, 0.6) is 0 Å². The predicted octanol–water partition coefficient (Wildman–Crippen LogP) is 3.81. The largest absolute Gasteiger partial charge is 0.378 e. The van der Waals surface area contributed by atoms with Crippen molar-refractivity contribution in [1.82, 2.24) is 9.88 Å². The molecule has 148 valence electrons. The molecule has 1 amide bonds. The molecule has 1 saturated carbocycles.